The zero-order valence-corrected chi connectivity index (χ0v) is 6.61. The standard InChI is InChI=1S/C5H10BrN3/c6-5-7-4(8-9-5)3-1-2-3/h3-5,7-9H,1-2H2. The molecule has 0 bridgehead atoms. The summed E-state index contributed by atoms with van der Waals surface area (Å²) in [6.45, 7) is 0. The first kappa shape index (κ1) is 6.09. The molecule has 3 nitrogen and oxygen atoms in total. The number of halogens is 1. The van der Waals surface area contributed by atoms with Crippen molar-refractivity contribution in [2.24, 2.45) is 5.92 Å². The SMILES string of the molecule is BrC1NNC(C2CC2)N1. The topological polar surface area (TPSA) is 36.1 Å². The van der Waals surface area contributed by atoms with Crippen molar-refractivity contribution < 1.29 is 0 Å². The summed E-state index contributed by atoms with van der Waals surface area (Å²) >= 11 is 3.39. The van der Waals surface area contributed by atoms with Gasteiger partial charge < -0.3 is 0 Å². The Morgan fingerprint density at radius 3 is 2.44 bits per heavy atom. The monoisotopic (exact) mass is 191 g/mol. The van der Waals surface area contributed by atoms with Crippen LogP contribution in [-0.2, 0) is 0 Å². The van der Waals surface area contributed by atoms with E-state index in [2.05, 4.69) is 32.1 Å². The molecule has 2 fully saturated rings. The van der Waals surface area contributed by atoms with E-state index < -0.39 is 0 Å². The molecule has 0 aromatic carbocycles. The molecule has 1 aliphatic carbocycles. The molecule has 2 aliphatic rings. The summed E-state index contributed by atoms with van der Waals surface area (Å²) in [7, 11) is 0. The number of rotatable bonds is 1. The second kappa shape index (κ2) is 2.20. The molecule has 0 aromatic rings. The van der Waals surface area contributed by atoms with Crippen LogP contribution >= 0.6 is 15.9 Å². The molecule has 1 heterocycles. The van der Waals surface area contributed by atoms with E-state index in [1.165, 1.54) is 12.8 Å². The number of alkyl halides is 1. The average Bonchev–Trinajstić information content (AvgIpc) is 2.58. The van der Waals surface area contributed by atoms with Crippen LogP contribution in [0.5, 0.6) is 0 Å². The van der Waals surface area contributed by atoms with Gasteiger partial charge in [-0.1, -0.05) is 15.9 Å². The molecule has 9 heavy (non-hydrogen) atoms. The van der Waals surface area contributed by atoms with Crippen LogP contribution < -0.4 is 16.2 Å². The van der Waals surface area contributed by atoms with Gasteiger partial charge in [-0.15, -0.1) is 0 Å². The van der Waals surface area contributed by atoms with E-state index in [1.54, 1.807) is 0 Å². The molecule has 0 aromatic heterocycles. The van der Waals surface area contributed by atoms with Gasteiger partial charge in [0.15, 0.2) is 0 Å². The Kier molecular flexibility index (Phi) is 1.49. The quantitative estimate of drug-likeness (QED) is 0.407. The average molecular weight is 192 g/mol. The summed E-state index contributed by atoms with van der Waals surface area (Å²) in [6.07, 6.45) is 3.23. The minimum Gasteiger partial charge on any atom is -0.275 e. The second-order valence-electron chi connectivity index (χ2n) is 2.63. The van der Waals surface area contributed by atoms with Gasteiger partial charge in [-0.25, -0.2) is 10.9 Å². The summed E-state index contributed by atoms with van der Waals surface area (Å²) in [5.41, 5.74) is 6.21. The van der Waals surface area contributed by atoms with Crippen molar-refractivity contribution >= 4 is 15.9 Å². The smallest absolute Gasteiger partial charge is 0.129 e. The van der Waals surface area contributed by atoms with Crippen LogP contribution in [0.2, 0.25) is 0 Å². The Hall–Kier alpha value is 0.360. The van der Waals surface area contributed by atoms with E-state index in [0.717, 1.165) is 5.92 Å². The third-order valence-electron chi connectivity index (χ3n) is 1.78. The molecule has 2 atom stereocenters. The summed E-state index contributed by atoms with van der Waals surface area (Å²) in [5.74, 6) is 0.861. The molecule has 52 valence electrons. The number of hydrazine groups is 1. The van der Waals surface area contributed by atoms with E-state index in [9.17, 15) is 0 Å². The van der Waals surface area contributed by atoms with Crippen molar-refractivity contribution in [1.82, 2.24) is 16.2 Å². The van der Waals surface area contributed by atoms with Gasteiger partial charge in [0.2, 0.25) is 0 Å². The van der Waals surface area contributed by atoms with Crippen molar-refractivity contribution in [1.29, 1.82) is 0 Å². The lowest BCUT2D eigenvalue weighted by atomic mass is 10.3. The zero-order chi connectivity index (χ0) is 6.27. The lowest BCUT2D eigenvalue weighted by Crippen LogP contribution is -2.35. The molecule has 1 aliphatic heterocycles. The van der Waals surface area contributed by atoms with Gasteiger partial charge in [0.1, 0.15) is 5.08 Å². The molecule has 0 spiro atoms. The lowest BCUT2D eigenvalue weighted by Gasteiger charge is -2.05. The van der Waals surface area contributed by atoms with Gasteiger partial charge >= 0.3 is 0 Å². The number of hydrogen-bond acceptors (Lipinski definition) is 3. The van der Waals surface area contributed by atoms with Gasteiger partial charge in [0, 0.05) is 0 Å². The predicted octanol–water partition coefficient (Wildman–Crippen LogP) is 0.0984. The number of nitrogens with one attached hydrogen (secondary N) is 3. The van der Waals surface area contributed by atoms with Gasteiger partial charge in [0.25, 0.3) is 0 Å². The van der Waals surface area contributed by atoms with Crippen LogP contribution in [-0.4, -0.2) is 11.2 Å². The van der Waals surface area contributed by atoms with Crippen molar-refractivity contribution in [2.75, 3.05) is 0 Å². The minimum atomic E-state index is 0.253. The van der Waals surface area contributed by atoms with Gasteiger partial charge in [-0.05, 0) is 18.8 Å². The Morgan fingerprint density at radius 1 is 1.22 bits per heavy atom. The Morgan fingerprint density at radius 2 is 2.00 bits per heavy atom. The van der Waals surface area contributed by atoms with Gasteiger partial charge in [0.05, 0.1) is 6.17 Å². The van der Waals surface area contributed by atoms with E-state index in [4.69, 9.17) is 0 Å². The maximum atomic E-state index is 3.39. The summed E-state index contributed by atoms with van der Waals surface area (Å²) in [6, 6.07) is 0. The van der Waals surface area contributed by atoms with Gasteiger partial charge in [-0.2, -0.15) is 0 Å². The highest BCUT2D eigenvalue weighted by atomic mass is 79.9. The summed E-state index contributed by atoms with van der Waals surface area (Å²) in [4.78, 5) is 0. The fraction of sp³-hybridized carbons (Fsp3) is 1.00. The molecule has 1 saturated carbocycles. The minimum absolute atomic E-state index is 0.253. The molecule has 0 radical (unpaired) electrons. The highest BCUT2D eigenvalue weighted by molar-refractivity contribution is 9.09. The normalized spacial score (nSPS) is 43.7. The van der Waals surface area contributed by atoms with E-state index >= 15 is 0 Å². The largest absolute Gasteiger partial charge is 0.275 e. The van der Waals surface area contributed by atoms with Crippen molar-refractivity contribution in [3.05, 3.63) is 0 Å². The van der Waals surface area contributed by atoms with Gasteiger partial charge in [-0.3, -0.25) is 5.32 Å². The molecule has 0 amide bonds. The van der Waals surface area contributed by atoms with Crippen LogP contribution in [0.15, 0.2) is 0 Å². The fourth-order valence-electron chi connectivity index (χ4n) is 1.09. The van der Waals surface area contributed by atoms with Crippen molar-refractivity contribution in [3.8, 4) is 0 Å². The Balaban J connectivity index is 1.86. The van der Waals surface area contributed by atoms with Crippen LogP contribution in [0, 0.1) is 5.92 Å². The highest BCUT2D eigenvalue weighted by Crippen LogP contribution is 2.32. The molecule has 2 unspecified atom stereocenters. The molecular weight excluding hydrogens is 182 g/mol. The second-order valence-corrected chi connectivity index (χ2v) is 3.55. The third-order valence-corrected chi connectivity index (χ3v) is 2.28. The van der Waals surface area contributed by atoms with Crippen LogP contribution in [0.4, 0.5) is 0 Å². The fourth-order valence-corrected chi connectivity index (χ4v) is 1.50. The summed E-state index contributed by atoms with van der Waals surface area (Å²) in [5, 5.41) is 3.56. The van der Waals surface area contributed by atoms with E-state index in [0.29, 0.717) is 6.17 Å². The Bertz CT molecular complexity index is 115. The molecule has 1 saturated heterocycles. The molecule has 4 heteroatoms. The van der Waals surface area contributed by atoms with Crippen LogP contribution in [0.3, 0.4) is 0 Å². The maximum Gasteiger partial charge on any atom is 0.129 e. The third kappa shape index (κ3) is 1.26. The molecule has 2 rings (SSSR count). The molecule has 3 N–H and O–H groups in total. The first-order chi connectivity index (χ1) is 4.36. The molecular formula is C5H10BrN3. The first-order valence-corrected chi connectivity index (χ1v) is 4.19. The van der Waals surface area contributed by atoms with E-state index in [-0.39, 0.29) is 5.08 Å². The highest BCUT2D eigenvalue weighted by Gasteiger charge is 2.35. The van der Waals surface area contributed by atoms with Crippen molar-refractivity contribution in [3.63, 3.8) is 0 Å². The van der Waals surface area contributed by atoms with Crippen molar-refractivity contribution in [2.45, 2.75) is 24.1 Å². The number of hydrogen-bond donors (Lipinski definition) is 3. The summed E-state index contributed by atoms with van der Waals surface area (Å²) < 4.78 is 0. The van der Waals surface area contributed by atoms with E-state index in [1.807, 2.05) is 0 Å². The predicted molar refractivity (Wildman–Crippen MR) is 38.6 cm³/mol. The zero-order valence-electron chi connectivity index (χ0n) is 5.02. The van der Waals surface area contributed by atoms with Crippen LogP contribution in [0.25, 0.3) is 0 Å². The maximum absolute atomic E-state index is 3.39. The van der Waals surface area contributed by atoms with Crippen LogP contribution in [0.1, 0.15) is 12.8 Å². The first-order valence-electron chi connectivity index (χ1n) is 3.27. The lowest BCUT2D eigenvalue weighted by molar-refractivity contribution is 0.473. The Labute approximate surface area is 62.7 Å².